The number of aromatic amines is 1. The summed E-state index contributed by atoms with van der Waals surface area (Å²) < 4.78 is 5.28. The largest absolute Gasteiger partial charge is 0.497 e. The average molecular weight is 337 g/mol. The molecule has 3 heterocycles. The first-order valence-corrected chi connectivity index (χ1v) is 8.11. The van der Waals surface area contributed by atoms with E-state index in [0.29, 0.717) is 30.2 Å². The van der Waals surface area contributed by atoms with Crippen LogP contribution in [0.25, 0.3) is 11.0 Å². The van der Waals surface area contributed by atoms with Crippen LogP contribution < -0.4 is 20.3 Å². The van der Waals surface area contributed by atoms with Crippen LogP contribution >= 0.6 is 0 Å². The number of nitrogens with one attached hydrogen (secondary N) is 1. The summed E-state index contributed by atoms with van der Waals surface area (Å²) in [5, 5.41) is 0.956. The number of amides is 2. The highest BCUT2D eigenvalue weighted by molar-refractivity contribution is 6.11. The van der Waals surface area contributed by atoms with Crippen molar-refractivity contribution in [1.29, 1.82) is 0 Å². The van der Waals surface area contributed by atoms with E-state index in [1.807, 2.05) is 31.5 Å². The maximum atomic E-state index is 13.1. The van der Waals surface area contributed by atoms with Gasteiger partial charge in [0.25, 0.3) is 0 Å². The summed E-state index contributed by atoms with van der Waals surface area (Å²) in [5.41, 5.74) is 9.92. The Kier molecular flexibility index (Phi) is 3.49. The third-order valence-corrected chi connectivity index (χ3v) is 4.47. The van der Waals surface area contributed by atoms with E-state index in [1.165, 1.54) is 0 Å². The molecule has 25 heavy (non-hydrogen) atoms. The normalized spacial score (nSPS) is 14.1. The molecule has 7 heteroatoms. The molecule has 0 atom stereocenters. The molecule has 1 aromatic carbocycles. The van der Waals surface area contributed by atoms with Crippen LogP contribution in [-0.2, 0) is 6.54 Å². The molecule has 0 aliphatic carbocycles. The van der Waals surface area contributed by atoms with Crippen molar-refractivity contribution in [1.82, 2.24) is 9.97 Å². The number of pyridine rings is 1. The fraction of sp³-hybridized carbons (Fsp3) is 0.222. The number of urea groups is 1. The number of ether oxygens (including phenoxy) is 1. The van der Waals surface area contributed by atoms with Gasteiger partial charge in [0.15, 0.2) is 0 Å². The van der Waals surface area contributed by atoms with Crippen molar-refractivity contribution < 1.29 is 9.53 Å². The molecular formula is C18H19N5O2. The lowest BCUT2D eigenvalue weighted by Crippen LogP contribution is -2.47. The van der Waals surface area contributed by atoms with Gasteiger partial charge in [-0.3, -0.25) is 9.80 Å². The molecule has 0 unspecified atom stereocenters. The first-order valence-electron chi connectivity index (χ1n) is 8.11. The molecule has 3 N–H and O–H groups in total. The number of benzene rings is 1. The van der Waals surface area contributed by atoms with E-state index < -0.39 is 0 Å². The van der Waals surface area contributed by atoms with Gasteiger partial charge < -0.3 is 15.5 Å². The monoisotopic (exact) mass is 337 g/mol. The topological polar surface area (TPSA) is 87.5 Å². The zero-order valence-corrected chi connectivity index (χ0v) is 14.1. The van der Waals surface area contributed by atoms with Gasteiger partial charge in [-0.1, -0.05) is 0 Å². The Hall–Kier alpha value is -3.22. The van der Waals surface area contributed by atoms with Crippen LogP contribution in [0, 0.1) is 0 Å². The lowest BCUT2D eigenvalue weighted by atomic mass is 10.1. The lowest BCUT2D eigenvalue weighted by molar-refractivity contribution is 0.250. The summed E-state index contributed by atoms with van der Waals surface area (Å²) in [6, 6.07) is 7.19. The highest BCUT2D eigenvalue weighted by atomic mass is 16.5. The number of methoxy groups -OCH3 is 1. The fourth-order valence-electron chi connectivity index (χ4n) is 3.32. The van der Waals surface area contributed by atoms with E-state index in [-0.39, 0.29) is 6.03 Å². The minimum atomic E-state index is -0.0867. The van der Waals surface area contributed by atoms with E-state index >= 15 is 0 Å². The molecule has 1 aliphatic heterocycles. The van der Waals surface area contributed by atoms with E-state index in [0.717, 1.165) is 22.3 Å². The van der Waals surface area contributed by atoms with E-state index in [9.17, 15) is 4.79 Å². The molecule has 0 bridgehead atoms. The Morgan fingerprint density at radius 3 is 2.96 bits per heavy atom. The van der Waals surface area contributed by atoms with Gasteiger partial charge in [-0.25, -0.2) is 9.78 Å². The molecule has 2 aromatic heterocycles. The number of nitrogen functional groups attached to an aromatic ring is 1. The number of hydrogen-bond donors (Lipinski definition) is 2. The van der Waals surface area contributed by atoms with Crippen molar-refractivity contribution in [3.63, 3.8) is 0 Å². The first-order chi connectivity index (χ1) is 12.1. The summed E-state index contributed by atoms with van der Waals surface area (Å²) in [4.78, 5) is 24.2. The predicted molar refractivity (Wildman–Crippen MR) is 98.1 cm³/mol. The zero-order chi connectivity index (χ0) is 17.6. The smallest absolute Gasteiger partial charge is 0.329 e. The van der Waals surface area contributed by atoms with Gasteiger partial charge in [-0.15, -0.1) is 0 Å². The lowest BCUT2D eigenvalue weighted by Gasteiger charge is -2.37. The van der Waals surface area contributed by atoms with E-state index in [2.05, 4.69) is 9.97 Å². The highest BCUT2D eigenvalue weighted by Gasteiger charge is 2.32. The Morgan fingerprint density at radius 2 is 2.20 bits per heavy atom. The van der Waals surface area contributed by atoms with Crippen molar-refractivity contribution in [3.8, 4) is 5.75 Å². The highest BCUT2D eigenvalue weighted by Crippen LogP contribution is 2.37. The molecule has 1 aliphatic rings. The van der Waals surface area contributed by atoms with Crippen molar-refractivity contribution in [2.45, 2.75) is 13.5 Å². The molecular weight excluding hydrogens is 318 g/mol. The molecule has 0 fully saturated rings. The maximum Gasteiger partial charge on any atom is 0.329 e. The summed E-state index contributed by atoms with van der Waals surface area (Å²) in [6.45, 7) is 2.96. The number of nitrogens with zero attached hydrogens (tertiary/aromatic N) is 3. The SMILES string of the molecule is CCN1C(=O)N(c2cc(N)cc(OC)c2)Cc2cnc3[nH]ccc3c21. The number of carbonyl (C=O) groups excluding carboxylic acids is 1. The number of nitrogens with two attached hydrogens (primary N) is 1. The summed E-state index contributed by atoms with van der Waals surface area (Å²) in [5.74, 6) is 0.621. The Balaban J connectivity index is 1.85. The second-order valence-corrected chi connectivity index (χ2v) is 5.95. The van der Waals surface area contributed by atoms with E-state index in [1.54, 1.807) is 29.0 Å². The fourth-order valence-corrected chi connectivity index (χ4v) is 3.32. The summed E-state index contributed by atoms with van der Waals surface area (Å²) in [6.07, 6.45) is 3.66. The molecule has 4 rings (SSSR count). The number of hydrogen-bond acceptors (Lipinski definition) is 4. The standard InChI is InChI=1S/C18H19N5O2/c1-3-22-16-11(9-21-17-15(16)4-5-20-17)10-23(18(22)24)13-6-12(19)7-14(8-13)25-2/h4-9H,3,10,19H2,1-2H3,(H,20,21). The Morgan fingerprint density at radius 1 is 1.36 bits per heavy atom. The molecule has 7 nitrogen and oxygen atoms in total. The molecule has 2 amide bonds. The van der Waals surface area contributed by atoms with Crippen LogP contribution in [0.3, 0.4) is 0 Å². The Bertz CT molecular complexity index is 965. The summed E-state index contributed by atoms with van der Waals surface area (Å²) in [7, 11) is 1.58. The zero-order valence-electron chi connectivity index (χ0n) is 14.1. The third-order valence-electron chi connectivity index (χ3n) is 4.47. The van der Waals surface area contributed by atoms with Crippen molar-refractivity contribution in [3.05, 3.63) is 42.2 Å². The maximum absolute atomic E-state index is 13.1. The van der Waals surface area contributed by atoms with Crippen LogP contribution in [0.2, 0.25) is 0 Å². The van der Waals surface area contributed by atoms with Crippen LogP contribution in [0.5, 0.6) is 5.75 Å². The molecule has 0 saturated heterocycles. The van der Waals surface area contributed by atoms with Crippen LogP contribution in [0.1, 0.15) is 12.5 Å². The van der Waals surface area contributed by atoms with Crippen molar-refractivity contribution in [2.24, 2.45) is 0 Å². The van der Waals surface area contributed by atoms with Gasteiger partial charge >= 0.3 is 6.03 Å². The van der Waals surface area contributed by atoms with Crippen LogP contribution in [0.15, 0.2) is 36.7 Å². The van der Waals surface area contributed by atoms with Gasteiger partial charge in [0.2, 0.25) is 0 Å². The first kappa shape index (κ1) is 15.3. The molecule has 128 valence electrons. The van der Waals surface area contributed by atoms with Gasteiger partial charge in [-0.2, -0.15) is 0 Å². The number of rotatable bonds is 3. The molecule has 3 aromatic rings. The van der Waals surface area contributed by atoms with Gasteiger partial charge in [0.1, 0.15) is 11.4 Å². The van der Waals surface area contributed by atoms with Crippen molar-refractivity contribution >= 4 is 34.1 Å². The number of anilines is 3. The van der Waals surface area contributed by atoms with Gasteiger partial charge in [-0.05, 0) is 19.1 Å². The minimum absolute atomic E-state index is 0.0867. The molecule has 0 radical (unpaired) electrons. The average Bonchev–Trinajstić information content (AvgIpc) is 3.09. The number of aromatic nitrogens is 2. The van der Waals surface area contributed by atoms with Gasteiger partial charge in [0, 0.05) is 47.7 Å². The molecule has 0 saturated carbocycles. The van der Waals surface area contributed by atoms with Crippen molar-refractivity contribution in [2.75, 3.05) is 29.2 Å². The summed E-state index contributed by atoms with van der Waals surface area (Å²) >= 11 is 0. The second-order valence-electron chi connectivity index (χ2n) is 5.95. The molecule has 0 spiro atoms. The van der Waals surface area contributed by atoms with Gasteiger partial charge in [0.05, 0.1) is 25.0 Å². The second kappa shape index (κ2) is 5.70. The third kappa shape index (κ3) is 2.36. The minimum Gasteiger partial charge on any atom is -0.497 e. The number of carbonyl (C=O) groups is 1. The predicted octanol–water partition coefficient (Wildman–Crippen LogP) is 3.12. The number of fused-ring (bicyclic) bond motifs is 3. The number of H-pyrrole nitrogens is 1. The van der Waals surface area contributed by atoms with E-state index in [4.69, 9.17) is 10.5 Å². The van der Waals surface area contributed by atoms with Crippen LogP contribution in [0.4, 0.5) is 21.9 Å². The Labute approximate surface area is 145 Å². The van der Waals surface area contributed by atoms with Crippen LogP contribution in [-0.4, -0.2) is 29.7 Å². The quantitative estimate of drug-likeness (QED) is 0.719.